The lowest BCUT2D eigenvalue weighted by Gasteiger charge is -2.13. The fourth-order valence-electron chi connectivity index (χ4n) is 1.73. The van der Waals surface area contributed by atoms with E-state index in [0.717, 1.165) is 19.4 Å². The van der Waals surface area contributed by atoms with Crippen LogP contribution in [0, 0.1) is 0 Å². The van der Waals surface area contributed by atoms with E-state index < -0.39 is 0 Å². The fraction of sp³-hybridized carbons (Fsp3) is 1.00. The van der Waals surface area contributed by atoms with E-state index in [1.54, 1.807) is 0 Å². The topological polar surface area (TPSA) is 32.8 Å². The van der Waals surface area contributed by atoms with Gasteiger partial charge in [-0.1, -0.05) is 45.4 Å². The van der Waals surface area contributed by atoms with Gasteiger partial charge in [-0.25, -0.2) is 0 Å². The third-order valence-corrected chi connectivity index (χ3v) is 3.14. The Balaban J connectivity index is 1.88. The minimum absolute atomic E-state index is 0.191. The first-order valence-corrected chi connectivity index (χ1v) is 6.01. The standard InChI is InChI=1S/C12H24O2/c1-3-4-5-6-7-8-9-11(13)12(2)10-14-12/h11,13H,3-10H2,1-2H3/t11-,12-/m0/s1. The molecule has 1 rings (SSSR count). The Bertz CT molecular complexity index is 152. The van der Waals surface area contributed by atoms with E-state index >= 15 is 0 Å². The van der Waals surface area contributed by atoms with Gasteiger partial charge < -0.3 is 9.84 Å². The molecule has 2 heteroatoms. The molecule has 2 atom stereocenters. The highest BCUT2D eigenvalue weighted by Crippen LogP contribution is 2.32. The summed E-state index contributed by atoms with van der Waals surface area (Å²) in [5, 5.41) is 9.73. The largest absolute Gasteiger partial charge is 0.390 e. The van der Waals surface area contributed by atoms with Gasteiger partial charge in [0.2, 0.25) is 0 Å². The molecule has 1 saturated heterocycles. The molecule has 0 saturated carbocycles. The molecule has 0 aromatic carbocycles. The predicted molar refractivity (Wildman–Crippen MR) is 58.4 cm³/mol. The van der Waals surface area contributed by atoms with Gasteiger partial charge in [0.25, 0.3) is 0 Å². The molecule has 1 aliphatic heterocycles. The zero-order valence-corrected chi connectivity index (χ0v) is 9.59. The zero-order chi connectivity index (χ0) is 10.4. The summed E-state index contributed by atoms with van der Waals surface area (Å²) in [5.74, 6) is 0. The van der Waals surface area contributed by atoms with Crippen molar-refractivity contribution in [2.24, 2.45) is 0 Å². The van der Waals surface area contributed by atoms with Crippen LogP contribution in [0.25, 0.3) is 0 Å². The van der Waals surface area contributed by atoms with Crippen molar-refractivity contribution in [1.82, 2.24) is 0 Å². The number of rotatable bonds is 8. The molecule has 0 bridgehead atoms. The minimum Gasteiger partial charge on any atom is -0.390 e. The Labute approximate surface area is 87.7 Å². The Morgan fingerprint density at radius 3 is 2.36 bits per heavy atom. The number of epoxide rings is 1. The lowest BCUT2D eigenvalue weighted by Crippen LogP contribution is -2.26. The third-order valence-electron chi connectivity index (χ3n) is 3.14. The van der Waals surface area contributed by atoms with Crippen LogP contribution in [0.5, 0.6) is 0 Å². The summed E-state index contributed by atoms with van der Waals surface area (Å²) in [6.07, 6.45) is 8.38. The molecule has 0 aromatic rings. The number of hydrogen-bond donors (Lipinski definition) is 1. The normalized spacial score (nSPS) is 27.6. The van der Waals surface area contributed by atoms with Gasteiger partial charge in [-0.2, -0.15) is 0 Å². The van der Waals surface area contributed by atoms with Crippen molar-refractivity contribution >= 4 is 0 Å². The van der Waals surface area contributed by atoms with Crippen LogP contribution in [0.4, 0.5) is 0 Å². The lowest BCUT2D eigenvalue weighted by molar-refractivity contribution is 0.0751. The monoisotopic (exact) mass is 200 g/mol. The summed E-state index contributed by atoms with van der Waals surface area (Å²) in [5.41, 5.74) is -0.191. The van der Waals surface area contributed by atoms with Crippen LogP contribution in [-0.4, -0.2) is 23.4 Å². The van der Waals surface area contributed by atoms with Crippen LogP contribution in [0.15, 0.2) is 0 Å². The molecule has 1 heterocycles. The first-order valence-electron chi connectivity index (χ1n) is 6.01. The maximum absolute atomic E-state index is 9.73. The SMILES string of the molecule is CCCCCCCC[C@H](O)[C@]1(C)CO1. The molecule has 84 valence electrons. The summed E-state index contributed by atoms with van der Waals surface area (Å²) >= 11 is 0. The number of hydrogen-bond acceptors (Lipinski definition) is 2. The summed E-state index contributed by atoms with van der Waals surface area (Å²) in [6.45, 7) is 4.97. The molecular formula is C12H24O2. The lowest BCUT2D eigenvalue weighted by atomic mass is 9.99. The second kappa shape index (κ2) is 5.72. The molecule has 0 aliphatic carbocycles. The summed E-state index contributed by atoms with van der Waals surface area (Å²) in [6, 6.07) is 0. The van der Waals surface area contributed by atoms with Gasteiger partial charge >= 0.3 is 0 Å². The molecule has 0 aromatic heterocycles. The first kappa shape index (κ1) is 12.0. The maximum atomic E-state index is 9.73. The minimum atomic E-state index is -0.242. The van der Waals surface area contributed by atoms with Gasteiger partial charge in [-0.15, -0.1) is 0 Å². The number of ether oxygens (including phenoxy) is 1. The highest BCUT2D eigenvalue weighted by atomic mass is 16.6. The van der Waals surface area contributed by atoms with Crippen LogP contribution in [0.2, 0.25) is 0 Å². The predicted octanol–water partition coefficient (Wildman–Crippen LogP) is 2.89. The van der Waals surface area contributed by atoms with Crippen molar-refractivity contribution < 1.29 is 9.84 Å². The van der Waals surface area contributed by atoms with Crippen LogP contribution in [0.1, 0.15) is 58.8 Å². The van der Waals surface area contributed by atoms with E-state index in [1.807, 2.05) is 6.92 Å². The molecule has 0 unspecified atom stereocenters. The van der Waals surface area contributed by atoms with Crippen molar-refractivity contribution in [1.29, 1.82) is 0 Å². The number of aliphatic hydroxyl groups is 1. The third kappa shape index (κ3) is 3.97. The summed E-state index contributed by atoms with van der Waals surface area (Å²) < 4.78 is 5.20. The average Bonchev–Trinajstić information content (AvgIpc) is 2.91. The molecule has 0 radical (unpaired) electrons. The van der Waals surface area contributed by atoms with Crippen molar-refractivity contribution in [2.75, 3.05) is 6.61 Å². The molecule has 2 nitrogen and oxygen atoms in total. The second-order valence-electron chi connectivity index (χ2n) is 4.67. The van der Waals surface area contributed by atoms with Crippen LogP contribution < -0.4 is 0 Å². The number of unbranched alkanes of at least 4 members (excludes halogenated alkanes) is 5. The van der Waals surface area contributed by atoms with Crippen molar-refractivity contribution in [3.63, 3.8) is 0 Å². The van der Waals surface area contributed by atoms with E-state index in [-0.39, 0.29) is 11.7 Å². The fourth-order valence-corrected chi connectivity index (χ4v) is 1.73. The van der Waals surface area contributed by atoms with Crippen LogP contribution in [0.3, 0.4) is 0 Å². The van der Waals surface area contributed by atoms with Gasteiger partial charge in [0.1, 0.15) is 5.60 Å². The Hall–Kier alpha value is -0.0800. The first-order chi connectivity index (χ1) is 6.69. The highest BCUT2D eigenvalue weighted by molar-refractivity contribution is 4.93. The highest BCUT2D eigenvalue weighted by Gasteiger charge is 2.45. The summed E-state index contributed by atoms with van der Waals surface area (Å²) in [4.78, 5) is 0. The molecule has 0 spiro atoms. The van der Waals surface area contributed by atoms with Crippen molar-refractivity contribution in [3.8, 4) is 0 Å². The number of aliphatic hydroxyl groups excluding tert-OH is 1. The molecule has 1 fully saturated rings. The maximum Gasteiger partial charge on any atom is 0.115 e. The molecule has 1 N–H and O–H groups in total. The van der Waals surface area contributed by atoms with Gasteiger partial charge in [0.05, 0.1) is 12.7 Å². The Morgan fingerprint density at radius 2 is 1.79 bits per heavy atom. The quantitative estimate of drug-likeness (QED) is 0.482. The van der Waals surface area contributed by atoms with E-state index in [2.05, 4.69) is 6.92 Å². The van der Waals surface area contributed by atoms with Gasteiger partial charge in [-0.05, 0) is 13.3 Å². The molecular weight excluding hydrogens is 176 g/mol. The smallest absolute Gasteiger partial charge is 0.115 e. The van der Waals surface area contributed by atoms with Crippen LogP contribution in [-0.2, 0) is 4.74 Å². The van der Waals surface area contributed by atoms with Crippen molar-refractivity contribution in [3.05, 3.63) is 0 Å². The average molecular weight is 200 g/mol. The molecule has 0 amide bonds. The summed E-state index contributed by atoms with van der Waals surface area (Å²) in [7, 11) is 0. The second-order valence-corrected chi connectivity index (χ2v) is 4.67. The van der Waals surface area contributed by atoms with Crippen LogP contribution >= 0.6 is 0 Å². The zero-order valence-electron chi connectivity index (χ0n) is 9.59. The van der Waals surface area contributed by atoms with E-state index in [9.17, 15) is 5.11 Å². The van der Waals surface area contributed by atoms with Gasteiger partial charge in [0, 0.05) is 0 Å². The van der Waals surface area contributed by atoms with Crippen molar-refractivity contribution in [2.45, 2.75) is 70.5 Å². The van der Waals surface area contributed by atoms with E-state index in [0.29, 0.717) is 0 Å². The van der Waals surface area contributed by atoms with E-state index in [1.165, 1.54) is 32.1 Å². The van der Waals surface area contributed by atoms with Gasteiger partial charge in [0.15, 0.2) is 0 Å². The Kier molecular flexibility index (Phi) is 4.90. The molecule has 1 aliphatic rings. The van der Waals surface area contributed by atoms with Gasteiger partial charge in [-0.3, -0.25) is 0 Å². The van der Waals surface area contributed by atoms with E-state index in [4.69, 9.17) is 4.74 Å². The molecule has 14 heavy (non-hydrogen) atoms. The Morgan fingerprint density at radius 1 is 1.21 bits per heavy atom.